The zero-order valence-electron chi connectivity index (χ0n) is 12.9. The molecule has 130 valence electrons. The molecule has 0 atom stereocenters. The molecule has 0 saturated heterocycles. The van der Waals surface area contributed by atoms with E-state index >= 15 is 0 Å². The fourth-order valence-electron chi connectivity index (χ4n) is 2.52. The maximum atomic E-state index is 12.9. The summed E-state index contributed by atoms with van der Waals surface area (Å²) in [6, 6.07) is 4.95. The lowest BCUT2D eigenvalue weighted by atomic mass is 9.96. The number of halogens is 6. The van der Waals surface area contributed by atoms with E-state index < -0.39 is 23.5 Å². The molecule has 0 bridgehead atoms. The molecule has 0 saturated carbocycles. The lowest BCUT2D eigenvalue weighted by Gasteiger charge is -2.15. The molecule has 0 radical (unpaired) electrons. The first kappa shape index (κ1) is 18.2. The van der Waals surface area contributed by atoms with Crippen LogP contribution in [0.1, 0.15) is 33.4 Å². The van der Waals surface area contributed by atoms with E-state index in [-0.39, 0.29) is 18.1 Å². The number of rotatable bonds is 2. The van der Waals surface area contributed by atoms with Crippen LogP contribution in [0.2, 0.25) is 0 Å². The maximum Gasteiger partial charge on any atom is 0.416 e. The van der Waals surface area contributed by atoms with Gasteiger partial charge in [-0.2, -0.15) is 26.3 Å². The van der Waals surface area contributed by atoms with Crippen LogP contribution in [0.25, 0.3) is 0 Å². The summed E-state index contributed by atoms with van der Waals surface area (Å²) in [6.07, 6.45) is -9.74. The molecule has 0 aliphatic rings. The molecule has 0 spiro atoms. The van der Waals surface area contributed by atoms with Crippen LogP contribution in [-0.4, -0.2) is 0 Å². The highest BCUT2D eigenvalue weighted by atomic mass is 19.4. The zero-order valence-corrected chi connectivity index (χ0v) is 12.9. The monoisotopic (exact) mass is 347 g/mol. The molecule has 0 fully saturated rings. The van der Waals surface area contributed by atoms with Crippen LogP contribution in [0.5, 0.6) is 0 Å². The third-order valence-electron chi connectivity index (χ3n) is 3.71. The van der Waals surface area contributed by atoms with E-state index in [9.17, 15) is 26.3 Å². The molecular weight excluding hydrogens is 332 g/mol. The van der Waals surface area contributed by atoms with Crippen LogP contribution in [0, 0.1) is 13.8 Å². The number of alkyl halides is 6. The first-order chi connectivity index (χ1) is 10.9. The lowest BCUT2D eigenvalue weighted by molar-refractivity contribution is -0.143. The summed E-state index contributed by atoms with van der Waals surface area (Å²) in [6.45, 7) is 3.47. The summed E-state index contributed by atoms with van der Waals surface area (Å²) < 4.78 is 77.2. The Bertz CT molecular complexity index is 703. The van der Waals surface area contributed by atoms with Crippen LogP contribution in [-0.2, 0) is 18.8 Å². The van der Waals surface area contributed by atoms with E-state index in [0.717, 1.165) is 23.3 Å². The van der Waals surface area contributed by atoms with Crippen molar-refractivity contribution in [2.75, 3.05) is 5.73 Å². The van der Waals surface area contributed by atoms with Crippen molar-refractivity contribution in [3.05, 3.63) is 63.7 Å². The van der Waals surface area contributed by atoms with Gasteiger partial charge in [0.2, 0.25) is 0 Å². The molecule has 2 aromatic rings. The number of hydrogen-bond donors (Lipinski definition) is 1. The molecule has 0 aliphatic carbocycles. The molecule has 0 amide bonds. The molecule has 2 aromatic carbocycles. The van der Waals surface area contributed by atoms with Gasteiger partial charge < -0.3 is 5.73 Å². The molecule has 0 unspecified atom stereocenters. The average molecular weight is 347 g/mol. The topological polar surface area (TPSA) is 26.0 Å². The number of nitrogen functional groups attached to an aromatic ring is 1. The van der Waals surface area contributed by atoms with Crippen molar-refractivity contribution in [1.29, 1.82) is 0 Å². The van der Waals surface area contributed by atoms with E-state index in [1.54, 1.807) is 26.0 Å². The smallest absolute Gasteiger partial charge is 0.398 e. The van der Waals surface area contributed by atoms with E-state index in [4.69, 9.17) is 5.73 Å². The van der Waals surface area contributed by atoms with E-state index in [0.29, 0.717) is 11.3 Å². The van der Waals surface area contributed by atoms with Crippen molar-refractivity contribution in [2.24, 2.45) is 0 Å². The van der Waals surface area contributed by atoms with Crippen molar-refractivity contribution in [3.8, 4) is 0 Å². The van der Waals surface area contributed by atoms with Crippen LogP contribution >= 0.6 is 0 Å². The van der Waals surface area contributed by atoms with Crippen molar-refractivity contribution in [2.45, 2.75) is 32.6 Å². The summed E-state index contributed by atoms with van der Waals surface area (Å²) in [5.41, 5.74) is 5.75. The fourth-order valence-corrected chi connectivity index (χ4v) is 2.52. The quantitative estimate of drug-likeness (QED) is 0.562. The SMILES string of the molecule is Cc1cc(Cc2cc(C(F)(F)F)cc(C(F)(F)F)c2)cc(C)c1N. The molecule has 2 rings (SSSR count). The van der Waals surface area contributed by atoms with Gasteiger partial charge in [-0.15, -0.1) is 0 Å². The number of benzene rings is 2. The molecular formula is C17H15F6N. The van der Waals surface area contributed by atoms with Crippen molar-refractivity contribution in [1.82, 2.24) is 0 Å². The molecule has 1 nitrogen and oxygen atoms in total. The zero-order chi connectivity index (χ0) is 18.3. The average Bonchev–Trinajstić information content (AvgIpc) is 2.42. The Labute approximate surface area is 135 Å². The first-order valence-electron chi connectivity index (χ1n) is 7.02. The van der Waals surface area contributed by atoms with Crippen LogP contribution in [0.15, 0.2) is 30.3 Å². The highest BCUT2D eigenvalue weighted by Crippen LogP contribution is 2.36. The minimum absolute atomic E-state index is 0.0467. The number of aryl methyl sites for hydroxylation is 2. The number of anilines is 1. The largest absolute Gasteiger partial charge is 0.416 e. The van der Waals surface area contributed by atoms with Gasteiger partial charge in [-0.3, -0.25) is 0 Å². The molecule has 24 heavy (non-hydrogen) atoms. The Hall–Kier alpha value is -2.18. The Morgan fingerprint density at radius 3 is 1.46 bits per heavy atom. The minimum Gasteiger partial charge on any atom is -0.398 e. The molecule has 0 aromatic heterocycles. The normalized spacial score (nSPS) is 12.5. The maximum absolute atomic E-state index is 12.9. The Kier molecular flexibility index (Phi) is 4.57. The summed E-state index contributed by atoms with van der Waals surface area (Å²) in [5.74, 6) is 0. The fraction of sp³-hybridized carbons (Fsp3) is 0.294. The Morgan fingerprint density at radius 1 is 0.708 bits per heavy atom. The van der Waals surface area contributed by atoms with Gasteiger partial charge >= 0.3 is 12.4 Å². The third-order valence-corrected chi connectivity index (χ3v) is 3.71. The van der Waals surface area contributed by atoms with Crippen LogP contribution in [0.4, 0.5) is 32.0 Å². The summed E-state index contributed by atoms with van der Waals surface area (Å²) in [4.78, 5) is 0. The van der Waals surface area contributed by atoms with E-state index in [1.165, 1.54) is 0 Å². The Balaban J connectivity index is 2.50. The first-order valence-corrected chi connectivity index (χ1v) is 7.02. The minimum atomic E-state index is -4.84. The second kappa shape index (κ2) is 6.03. The van der Waals surface area contributed by atoms with Gasteiger partial charge in [-0.1, -0.05) is 12.1 Å². The van der Waals surface area contributed by atoms with Gasteiger partial charge in [0, 0.05) is 5.69 Å². The number of hydrogen-bond acceptors (Lipinski definition) is 1. The highest BCUT2D eigenvalue weighted by molar-refractivity contribution is 5.55. The summed E-state index contributed by atoms with van der Waals surface area (Å²) >= 11 is 0. The highest BCUT2D eigenvalue weighted by Gasteiger charge is 2.36. The van der Waals surface area contributed by atoms with E-state index in [1.807, 2.05) is 0 Å². The second-order valence-electron chi connectivity index (χ2n) is 5.73. The van der Waals surface area contributed by atoms with Crippen molar-refractivity contribution >= 4 is 5.69 Å². The number of nitrogens with two attached hydrogens (primary N) is 1. The molecule has 2 N–H and O–H groups in total. The predicted octanol–water partition coefficient (Wildman–Crippen LogP) is 5.51. The van der Waals surface area contributed by atoms with Gasteiger partial charge in [0.05, 0.1) is 11.1 Å². The lowest BCUT2D eigenvalue weighted by Crippen LogP contribution is -2.12. The summed E-state index contributed by atoms with van der Waals surface area (Å²) in [7, 11) is 0. The van der Waals surface area contributed by atoms with Gasteiger partial charge in [0.15, 0.2) is 0 Å². The van der Waals surface area contributed by atoms with Gasteiger partial charge in [0.25, 0.3) is 0 Å². The second-order valence-corrected chi connectivity index (χ2v) is 5.73. The van der Waals surface area contributed by atoms with Crippen molar-refractivity contribution in [3.63, 3.8) is 0 Å². The van der Waals surface area contributed by atoms with Gasteiger partial charge in [-0.05, 0) is 60.7 Å². The molecule has 0 heterocycles. The standard InChI is InChI=1S/C17H15F6N/c1-9-3-11(4-10(2)15(9)24)5-12-6-13(16(18,19)20)8-14(7-12)17(21,22)23/h3-4,6-8H,5,24H2,1-2H3. The van der Waals surface area contributed by atoms with E-state index in [2.05, 4.69) is 0 Å². The predicted molar refractivity (Wildman–Crippen MR) is 79.6 cm³/mol. The van der Waals surface area contributed by atoms with Gasteiger partial charge in [0.1, 0.15) is 0 Å². The van der Waals surface area contributed by atoms with Crippen molar-refractivity contribution < 1.29 is 26.3 Å². The molecule has 0 aliphatic heterocycles. The molecule has 7 heteroatoms. The van der Waals surface area contributed by atoms with Gasteiger partial charge in [-0.25, -0.2) is 0 Å². The third kappa shape index (κ3) is 4.01. The van der Waals surface area contributed by atoms with Crippen LogP contribution < -0.4 is 5.73 Å². The van der Waals surface area contributed by atoms with Crippen LogP contribution in [0.3, 0.4) is 0 Å². The Morgan fingerprint density at radius 2 is 1.08 bits per heavy atom. The summed E-state index contributed by atoms with van der Waals surface area (Å²) in [5, 5.41) is 0.